The average molecular weight is 346 g/mol. The third kappa shape index (κ3) is 5.15. The molecule has 0 spiro atoms. The molecule has 7 nitrogen and oxygen atoms in total. The summed E-state index contributed by atoms with van der Waals surface area (Å²) in [5.41, 5.74) is 1.37. The van der Waals surface area contributed by atoms with Gasteiger partial charge in [-0.05, 0) is 19.8 Å². The van der Waals surface area contributed by atoms with Crippen LogP contribution in [0.3, 0.4) is 0 Å². The number of hydrogen-bond donors (Lipinski definition) is 1. The Morgan fingerprint density at radius 2 is 1.96 bits per heavy atom. The Morgan fingerprint density at radius 1 is 1.20 bits per heavy atom. The number of methoxy groups -OCH3 is 1. The van der Waals surface area contributed by atoms with Crippen LogP contribution in [0.25, 0.3) is 11.3 Å². The second-order valence-electron chi connectivity index (χ2n) is 5.32. The van der Waals surface area contributed by atoms with Gasteiger partial charge >= 0.3 is 5.97 Å². The van der Waals surface area contributed by atoms with Crippen molar-refractivity contribution in [2.75, 3.05) is 25.6 Å². The van der Waals surface area contributed by atoms with Gasteiger partial charge in [0.1, 0.15) is 11.4 Å². The Bertz CT molecular complexity index is 697. The number of carbonyl (C=O) groups is 2. The SMILES string of the molecule is CCOC(=O)c1onc(-c2ccccc2)c1NC(=O)CCCCOC. The molecule has 0 saturated heterocycles. The predicted molar refractivity (Wildman–Crippen MR) is 92.3 cm³/mol. The third-order valence-electron chi connectivity index (χ3n) is 3.47. The van der Waals surface area contributed by atoms with Crippen molar-refractivity contribution in [1.29, 1.82) is 0 Å². The lowest BCUT2D eigenvalue weighted by Gasteiger charge is -2.07. The highest BCUT2D eigenvalue weighted by Gasteiger charge is 2.25. The normalized spacial score (nSPS) is 10.5. The van der Waals surface area contributed by atoms with Gasteiger partial charge in [0.05, 0.1) is 6.61 Å². The first-order chi connectivity index (χ1) is 12.2. The highest BCUT2D eigenvalue weighted by Crippen LogP contribution is 2.31. The fourth-order valence-corrected chi connectivity index (χ4v) is 2.27. The van der Waals surface area contributed by atoms with Crippen LogP contribution >= 0.6 is 0 Å². The molecule has 0 unspecified atom stereocenters. The minimum Gasteiger partial charge on any atom is -0.460 e. The fraction of sp³-hybridized carbons (Fsp3) is 0.389. The summed E-state index contributed by atoms with van der Waals surface area (Å²) < 4.78 is 15.1. The van der Waals surface area contributed by atoms with Crippen molar-refractivity contribution in [1.82, 2.24) is 5.16 Å². The van der Waals surface area contributed by atoms with Crippen LogP contribution in [0.5, 0.6) is 0 Å². The number of benzene rings is 1. The fourth-order valence-electron chi connectivity index (χ4n) is 2.27. The largest absolute Gasteiger partial charge is 0.460 e. The number of unbranched alkanes of at least 4 members (excludes halogenated alkanes) is 1. The second-order valence-corrected chi connectivity index (χ2v) is 5.32. The van der Waals surface area contributed by atoms with Crippen molar-refractivity contribution < 1.29 is 23.6 Å². The van der Waals surface area contributed by atoms with Crippen LogP contribution < -0.4 is 5.32 Å². The number of carbonyl (C=O) groups excluding carboxylic acids is 2. The number of nitrogens with one attached hydrogen (secondary N) is 1. The molecule has 1 aromatic carbocycles. The van der Waals surface area contributed by atoms with Gasteiger partial charge < -0.3 is 19.3 Å². The summed E-state index contributed by atoms with van der Waals surface area (Å²) in [6.45, 7) is 2.49. The average Bonchev–Trinajstić information content (AvgIpc) is 3.03. The van der Waals surface area contributed by atoms with E-state index in [1.54, 1.807) is 14.0 Å². The Balaban J connectivity index is 2.21. The topological polar surface area (TPSA) is 90.7 Å². The minimum absolute atomic E-state index is 0.106. The highest BCUT2D eigenvalue weighted by atomic mass is 16.6. The molecule has 2 aromatic rings. The lowest BCUT2D eigenvalue weighted by atomic mass is 10.1. The smallest absolute Gasteiger partial charge is 0.379 e. The zero-order valence-corrected chi connectivity index (χ0v) is 14.4. The van der Waals surface area contributed by atoms with Gasteiger partial charge in [-0.3, -0.25) is 4.79 Å². The molecule has 1 aromatic heterocycles. The molecule has 0 saturated carbocycles. The van der Waals surface area contributed by atoms with Crippen LogP contribution in [0.4, 0.5) is 5.69 Å². The Labute approximate surface area is 146 Å². The van der Waals surface area contributed by atoms with E-state index in [-0.39, 0.29) is 24.0 Å². The predicted octanol–water partition coefficient (Wildman–Crippen LogP) is 3.27. The second kappa shape index (κ2) is 9.58. The maximum Gasteiger partial charge on any atom is 0.379 e. The van der Waals surface area contributed by atoms with Crippen LogP contribution in [0.2, 0.25) is 0 Å². The molecule has 0 radical (unpaired) electrons. The van der Waals surface area contributed by atoms with Gasteiger partial charge in [-0.25, -0.2) is 4.79 Å². The van der Waals surface area contributed by atoms with Gasteiger partial charge in [0.15, 0.2) is 0 Å². The first-order valence-electron chi connectivity index (χ1n) is 8.18. The van der Waals surface area contributed by atoms with Crippen molar-refractivity contribution in [3.63, 3.8) is 0 Å². The van der Waals surface area contributed by atoms with E-state index < -0.39 is 5.97 Å². The van der Waals surface area contributed by atoms with E-state index in [0.29, 0.717) is 25.1 Å². The standard InChI is InChI=1S/C18H22N2O5/c1-3-24-18(22)17-16(19-14(21)11-7-8-12-23-2)15(20-25-17)13-9-5-4-6-10-13/h4-6,9-10H,3,7-8,11-12H2,1-2H3,(H,19,21). The Hall–Kier alpha value is -2.67. The van der Waals surface area contributed by atoms with Gasteiger partial charge in [-0.1, -0.05) is 35.5 Å². The van der Waals surface area contributed by atoms with Crippen LogP contribution in [-0.2, 0) is 14.3 Å². The number of nitrogens with zero attached hydrogens (tertiary/aromatic N) is 1. The number of ether oxygens (including phenoxy) is 2. The lowest BCUT2D eigenvalue weighted by molar-refractivity contribution is -0.116. The van der Waals surface area contributed by atoms with Crippen LogP contribution in [-0.4, -0.2) is 37.4 Å². The van der Waals surface area contributed by atoms with Gasteiger partial charge in [-0.15, -0.1) is 0 Å². The molecule has 134 valence electrons. The van der Waals surface area contributed by atoms with E-state index in [1.807, 2.05) is 30.3 Å². The quantitative estimate of drug-likeness (QED) is 0.553. The summed E-state index contributed by atoms with van der Waals surface area (Å²) in [5, 5.41) is 6.68. The van der Waals surface area contributed by atoms with Crippen molar-refractivity contribution in [2.24, 2.45) is 0 Å². The number of anilines is 1. The van der Waals surface area contributed by atoms with Crippen LogP contribution in [0.15, 0.2) is 34.9 Å². The molecular weight excluding hydrogens is 324 g/mol. The summed E-state index contributed by atoms with van der Waals surface area (Å²) in [4.78, 5) is 24.3. The summed E-state index contributed by atoms with van der Waals surface area (Å²) in [6, 6.07) is 9.18. The molecule has 0 aliphatic carbocycles. The third-order valence-corrected chi connectivity index (χ3v) is 3.47. The van der Waals surface area contributed by atoms with Crippen molar-refractivity contribution in [3.8, 4) is 11.3 Å². The van der Waals surface area contributed by atoms with E-state index >= 15 is 0 Å². The Morgan fingerprint density at radius 3 is 2.64 bits per heavy atom. The first kappa shape index (κ1) is 18.7. The molecule has 25 heavy (non-hydrogen) atoms. The van der Waals surface area contributed by atoms with Crippen LogP contribution in [0.1, 0.15) is 36.7 Å². The molecular formula is C18H22N2O5. The zero-order valence-electron chi connectivity index (χ0n) is 14.4. The van der Waals surface area contributed by atoms with E-state index in [9.17, 15) is 9.59 Å². The summed E-state index contributed by atoms with van der Waals surface area (Å²) >= 11 is 0. The van der Waals surface area contributed by atoms with Gasteiger partial charge in [0, 0.05) is 25.7 Å². The first-order valence-corrected chi connectivity index (χ1v) is 8.18. The van der Waals surface area contributed by atoms with E-state index in [0.717, 1.165) is 12.0 Å². The molecule has 1 N–H and O–H groups in total. The van der Waals surface area contributed by atoms with Crippen LogP contribution in [0, 0.1) is 0 Å². The molecule has 1 heterocycles. The monoisotopic (exact) mass is 346 g/mol. The maximum atomic E-state index is 12.2. The van der Waals surface area contributed by atoms with Gasteiger partial charge in [0.25, 0.3) is 5.76 Å². The number of esters is 1. The molecule has 2 rings (SSSR count). The minimum atomic E-state index is -0.660. The molecule has 1 amide bonds. The highest BCUT2D eigenvalue weighted by molar-refractivity contribution is 6.03. The molecule has 0 aliphatic rings. The maximum absolute atomic E-state index is 12.2. The molecule has 0 aliphatic heterocycles. The molecule has 0 bridgehead atoms. The Kier molecular flexibility index (Phi) is 7.16. The number of rotatable bonds is 9. The summed E-state index contributed by atoms with van der Waals surface area (Å²) in [6.07, 6.45) is 1.77. The van der Waals surface area contributed by atoms with E-state index in [2.05, 4.69) is 10.5 Å². The number of hydrogen-bond acceptors (Lipinski definition) is 6. The van der Waals surface area contributed by atoms with Gasteiger partial charge in [0.2, 0.25) is 5.91 Å². The number of aromatic nitrogens is 1. The lowest BCUT2D eigenvalue weighted by Crippen LogP contribution is -2.15. The van der Waals surface area contributed by atoms with Crippen molar-refractivity contribution in [3.05, 3.63) is 36.1 Å². The number of amides is 1. The van der Waals surface area contributed by atoms with Crippen molar-refractivity contribution >= 4 is 17.6 Å². The van der Waals surface area contributed by atoms with Gasteiger partial charge in [-0.2, -0.15) is 0 Å². The van der Waals surface area contributed by atoms with E-state index in [1.165, 1.54) is 0 Å². The van der Waals surface area contributed by atoms with E-state index in [4.69, 9.17) is 14.0 Å². The summed E-state index contributed by atoms with van der Waals surface area (Å²) in [7, 11) is 1.62. The molecule has 0 atom stereocenters. The van der Waals surface area contributed by atoms with Crippen molar-refractivity contribution in [2.45, 2.75) is 26.2 Å². The summed E-state index contributed by atoms with van der Waals surface area (Å²) in [5.74, 6) is -0.986. The molecule has 0 fully saturated rings. The molecule has 7 heteroatoms. The zero-order chi connectivity index (χ0) is 18.1.